The molecule has 8 rings (SSSR count). The summed E-state index contributed by atoms with van der Waals surface area (Å²) in [6.45, 7) is 0.547. The molecule has 10 atom stereocenters. The van der Waals surface area contributed by atoms with Crippen molar-refractivity contribution in [1.82, 2.24) is 0 Å². The minimum atomic E-state index is -1.34. The average Bonchev–Trinajstić information content (AvgIpc) is 3.88. The van der Waals surface area contributed by atoms with Gasteiger partial charge in [-0.3, -0.25) is 9.98 Å². The number of thioether (sulfide) groups is 2. The molecule has 2 fully saturated rings. The minimum Gasteiger partial charge on any atom is -0.452 e. The van der Waals surface area contributed by atoms with Gasteiger partial charge in [-0.2, -0.15) is 0 Å². The molecule has 310 valence electrons. The van der Waals surface area contributed by atoms with Crippen LogP contribution < -0.4 is 0 Å². The maximum Gasteiger partial charge on any atom is 0.338 e. The third kappa shape index (κ3) is 9.32. The third-order valence-electron chi connectivity index (χ3n) is 10.1. The average molecular weight is 855 g/mol. The standard InChI is InChI=1S/C44H39FN2O11S2/c1-25-46-33-37(57-41(50)28-18-10-4-11-19-28)36(56-40(49)27-16-8-3-9-17-27)31(54-43(33)59-25)23-52-24-32-47-34-38(58-42(51)29-20-12-5-13-21-29)35(30(22-45)53-44(34)60-32)55-39(48)26-14-6-2-7-15-26/h2-21,30-31,33-38,43-44H,22-24H2,1H3/t30-,31-,33-,34-,35-,36-,37-,38-,43-,44-/m1/s1. The molecule has 0 unspecified atom stereocenters. The number of carbonyl (C=O) groups excluding carboxylic acids is 4. The molecule has 0 radical (unpaired) electrons. The van der Waals surface area contributed by atoms with Crippen molar-refractivity contribution in [2.24, 2.45) is 9.98 Å². The first-order valence-electron chi connectivity index (χ1n) is 19.2. The van der Waals surface area contributed by atoms with Crippen LogP contribution in [0.2, 0.25) is 0 Å². The number of alkyl halides is 1. The molecule has 13 nitrogen and oxygen atoms in total. The van der Waals surface area contributed by atoms with Gasteiger partial charge in [-0.1, -0.05) is 96.3 Å². The van der Waals surface area contributed by atoms with Crippen LogP contribution in [0.3, 0.4) is 0 Å². The first-order chi connectivity index (χ1) is 29.2. The maximum atomic E-state index is 14.7. The third-order valence-corrected chi connectivity index (χ3v) is 12.2. The van der Waals surface area contributed by atoms with Gasteiger partial charge in [0.15, 0.2) is 24.4 Å². The molecule has 4 aromatic rings. The zero-order valence-corrected chi connectivity index (χ0v) is 33.7. The Morgan fingerprint density at radius 1 is 0.550 bits per heavy atom. The second-order valence-corrected chi connectivity index (χ2v) is 16.5. The molecule has 0 spiro atoms. The molecular weight excluding hydrogens is 816 g/mol. The van der Waals surface area contributed by atoms with Gasteiger partial charge in [-0.15, -0.1) is 0 Å². The van der Waals surface area contributed by atoms with Crippen LogP contribution in [-0.2, 0) is 33.2 Å². The highest BCUT2D eigenvalue weighted by atomic mass is 32.2. The van der Waals surface area contributed by atoms with Crippen LogP contribution in [0.5, 0.6) is 0 Å². The van der Waals surface area contributed by atoms with E-state index in [1.54, 1.807) is 121 Å². The van der Waals surface area contributed by atoms with E-state index in [1.165, 1.54) is 11.8 Å². The molecule has 4 aromatic carbocycles. The number of aliphatic imine (C=N–C) groups is 2. The summed E-state index contributed by atoms with van der Waals surface area (Å²) in [7, 11) is 0. The van der Waals surface area contributed by atoms with Crippen molar-refractivity contribution >= 4 is 57.5 Å². The molecule has 0 N–H and O–H groups in total. The first-order valence-corrected chi connectivity index (χ1v) is 20.9. The van der Waals surface area contributed by atoms with Gasteiger partial charge in [0, 0.05) is 0 Å². The Bertz CT molecular complexity index is 2220. The van der Waals surface area contributed by atoms with Crippen LogP contribution in [0.4, 0.5) is 4.39 Å². The van der Waals surface area contributed by atoms with E-state index in [0.29, 0.717) is 15.7 Å². The van der Waals surface area contributed by atoms with E-state index in [9.17, 15) is 23.6 Å². The van der Waals surface area contributed by atoms with Gasteiger partial charge in [-0.25, -0.2) is 23.6 Å². The van der Waals surface area contributed by atoms with Gasteiger partial charge in [0.2, 0.25) is 0 Å². The van der Waals surface area contributed by atoms with Gasteiger partial charge in [0.1, 0.15) is 41.8 Å². The van der Waals surface area contributed by atoms with Crippen molar-refractivity contribution < 1.29 is 56.7 Å². The fourth-order valence-electron chi connectivity index (χ4n) is 7.20. The Labute approximate surface area is 353 Å². The summed E-state index contributed by atoms with van der Waals surface area (Å²) in [5.41, 5.74) is -0.312. The number of carbonyl (C=O) groups is 4. The van der Waals surface area contributed by atoms with Crippen LogP contribution in [0.25, 0.3) is 0 Å². The fourth-order valence-corrected chi connectivity index (χ4v) is 9.43. The molecule has 2 saturated heterocycles. The Kier molecular flexibility index (Phi) is 13.0. The van der Waals surface area contributed by atoms with Gasteiger partial charge in [-0.05, 0) is 55.5 Å². The number of rotatable bonds is 13. The lowest BCUT2D eigenvalue weighted by atomic mass is 9.97. The van der Waals surface area contributed by atoms with Gasteiger partial charge in [0.25, 0.3) is 0 Å². The molecule has 4 heterocycles. The van der Waals surface area contributed by atoms with E-state index in [0.717, 1.165) is 11.8 Å². The molecular formula is C44H39FN2O11S2. The predicted molar refractivity (Wildman–Crippen MR) is 220 cm³/mol. The van der Waals surface area contributed by atoms with E-state index in [1.807, 2.05) is 6.92 Å². The monoisotopic (exact) mass is 854 g/mol. The number of benzene rings is 4. The minimum absolute atomic E-state index is 0.0976. The second kappa shape index (κ2) is 18.9. The predicted octanol–water partition coefficient (Wildman–Crippen LogP) is 6.37. The normalized spacial score (nSPS) is 28.0. The van der Waals surface area contributed by atoms with Crippen molar-refractivity contribution in [3.8, 4) is 0 Å². The van der Waals surface area contributed by atoms with E-state index in [2.05, 4.69) is 0 Å². The summed E-state index contributed by atoms with van der Waals surface area (Å²) in [5, 5.41) is 1.13. The number of fused-ring (bicyclic) bond motifs is 2. The molecule has 4 aliphatic heterocycles. The molecule has 0 bridgehead atoms. The van der Waals surface area contributed by atoms with Crippen LogP contribution >= 0.6 is 23.5 Å². The number of nitrogens with zero attached hydrogens (tertiary/aromatic N) is 2. The summed E-state index contributed by atoms with van der Waals surface area (Å²) in [6.07, 6.45) is -6.94. The number of ether oxygens (including phenoxy) is 7. The maximum absolute atomic E-state index is 14.7. The number of hydrogen-bond donors (Lipinski definition) is 0. The highest BCUT2D eigenvalue weighted by Crippen LogP contribution is 2.41. The first kappa shape index (κ1) is 41.3. The topological polar surface area (TPSA) is 158 Å². The van der Waals surface area contributed by atoms with E-state index in [4.69, 9.17) is 43.1 Å². The van der Waals surface area contributed by atoms with Crippen molar-refractivity contribution in [3.63, 3.8) is 0 Å². The van der Waals surface area contributed by atoms with Crippen molar-refractivity contribution in [3.05, 3.63) is 144 Å². The summed E-state index contributed by atoms with van der Waals surface area (Å²) >= 11 is 2.53. The summed E-state index contributed by atoms with van der Waals surface area (Å²) in [6, 6.07) is 31.8. The van der Waals surface area contributed by atoms with Gasteiger partial charge < -0.3 is 33.2 Å². The summed E-state index contributed by atoms with van der Waals surface area (Å²) < 4.78 is 57.5. The highest BCUT2D eigenvalue weighted by Gasteiger charge is 2.55. The number of halogens is 1. The smallest absolute Gasteiger partial charge is 0.338 e. The van der Waals surface area contributed by atoms with Crippen molar-refractivity contribution in [2.75, 3.05) is 19.9 Å². The zero-order valence-electron chi connectivity index (χ0n) is 32.0. The van der Waals surface area contributed by atoms with Crippen LogP contribution in [0.15, 0.2) is 131 Å². The Morgan fingerprint density at radius 3 is 1.38 bits per heavy atom. The Morgan fingerprint density at radius 2 is 0.933 bits per heavy atom. The molecule has 0 saturated carbocycles. The second-order valence-electron chi connectivity index (χ2n) is 14.1. The van der Waals surface area contributed by atoms with Crippen LogP contribution in [-0.4, -0.2) is 113 Å². The summed E-state index contributed by atoms with van der Waals surface area (Å²) in [4.78, 5) is 63.2. The number of esters is 4. The lowest BCUT2D eigenvalue weighted by Crippen LogP contribution is -2.59. The molecule has 4 aliphatic rings. The zero-order chi connectivity index (χ0) is 41.6. The van der Waals surface area contributed by atoms with E-state index < -0.39 is 90.1 Å². The van der Waals surface area contributed by atoms with Crippen molar-refractivity contribution in [2.45, 2.75) is 66.5 Å². The number of hydrogen-bond acceptors (Lipinski definition) is 15. The molecule has 0 aromatic heterocycles. The molecule has 16 heteroatoms. The van der Waals surface area contributed by atoms with Crippen molar-refractivity contribution in [1.29, 1.82) is 0 Å². The Hall–Kier alpha value is -5.39. The van der Waals surface area contributed by atoms with Gasteiger partial charge in [0.05, 0.1) is 45.6 Å². The fraction of sp³-hybridized carbons (Fsp3) is 0.318. The molecule has 0 aliphatic carbocycles. The Balaban J connectivity index is 1.02. The molecule has 0 amide bonds. The van der Waals surface area contributed by atoms with Crippen LogP contribution in [0, 0.1) is 0 Å². The lowest BCUT2D eigenvalue weighted by molar-refractivity contribution is -0.172. The van der Waals surface area contributed by atoms with E-state index in [-0.39, 0.29) is 29.9 Å². The largest absolute Gasteiger partial charge is 0.452 e. The van der Waals surface area contributed by atoms with E-state index >= 15 is 0 Å². The molecule has 60 heavy (non-hydrogen) atoms. The lowest BCUT2D eigenvalue weighted by Gasteiger charge is -2.41. The SMILES string of the molecule is CC1=N[C@@H]2[C@@H](OC(=O)c3ccccc3)[C@H](OC(=O)c3ccccc3)[C@@H](COCC3=N[C@@H]4[C@@H](OC(=O)c5ccccc5)[C@H](OC(=O)c5ccccc5)[C@@H](CF)O[C@@H]4S3)O[C@@H]2S1. The quantitative estimate of drug-likeness (QED) is 0.108. The highest BCUT2D eigenvalue weighted by molar-refractivity contribution is 8.15. The van der Waals surface area contributed by atoms with Crippen LogP contribution in [0.1, 0.15) is 48.4 Å². The van der Waals surface area contributed by atoms with Gasteiger partial charge >= 0.3 is 23.9 Å². The summed E-state index contributed by atoms with van der Waals surface area (Å²) in [5.74, 6) is -2.73.